The van der Waals surface area contributed by atoms with Crippen LogP contribution in [0.4, 0.5) is 5.69 Å². The van der Waals surface area contributed by atoms with Crippen molar-refractivity contribution in [2.24, 2.45) is 0 Å². The number of ether oxygens (including phenoxy) is 3. The van der Waals surface area contributed by atoms with Gasteiger partial charge in [-0.15, -0.1) is 5.10 Å². The fraction of sp³-hybridized carbons (Fsp3) is 0.192. The molecule has 2 heterocycles. The van der Waals surface area contributed by atoms with Crippen molar-refractivity contribution in [3.63, 3.8) is 0 Å². The SMILES string of the molecule is CCC(C(=O)Nc1ccc(-n2nc(OC)nc2-c2ccc3c(c2)OCO3)cc1)c1ccccc1. The van der Waals surface area contributed by atoms with Gasteiger partial charge in [-0.3, -0.25) is 4.79 Å². The third kappa shape index (κ3) is 4.17. The number of carbonyl (C=O) groups excluding carboxylic acids is 1. The number of carbonyl (C=O) groups is 1. The van der Waals surface area contributed by atoms with Gasteiger partial charge in [0, 0.05) is 11.3 Å². The van der Waals surface area contributed by atoms with Crippen LogP contribution < -0.4 is 19.5 Å². The van der Waals surface area contributed by atoms with E-state index in [1.165, 1.54) is 7.11 Å². The number of hydrogen-bond acceptors (Lipinski definition) is 6. The number of anilines is 1. The Labute approximate surface area is 197 Å². The Morgan fingerprint density at radius 3 is 2.56 bits per heavy atom. The van der Waals surface area contributed by atoms with E-state index in [4.69, 9.17) is 14.2 Å². The zero-order valence-corrected chi connectivity index (χ0v) is 18.9. The van der Waals surface area contributed by atoms with Gasteiger partial charge < -0.3 is 19.5 Å². The Morgan fingerprint density at radius 2 is 1.82 bits per heavy atom. The monoisotopic (exact) mass is 456 g/mol. The van der Waals surface area contributed by atoms with E-state index >= 15 is 0 Å². The number of aromatic nitrogens is 3. The van der Waals surface area contributed by atoms with E-state index in [-0.39, 0.29) is 24.6 Å². The second-order valence-corrected chi connectivity index (χ2v) is 7.81. The minimum atomic E-state index is -0.210. The summed E-state index contributed by atoms with van der Waals surface area (Å²) in [6, 6.07) is 23.1. The van der Waals surface area contributed by atoms with Gasteiger partial charge in [0.25, 0.3) is 0 Å². The number of fused-ring (bicyclic) bond motifs is 1. The summed E-state index contributed by atoms with van der Waals surface area (Å²) < 4.78 is 17.9. The molecule has 1 amide bonds. The van der Waals surface area contributed by atoms with Crippen LogP contribution in [0.25, 0.3) is 17.1 Å². The Bertz CT molecular complexity index is 1300. The van der Waals surface area contributed by atoms with Crippen molar-refractivity contribution in [1.82, 2.24) is 14.8 Å². The predicted octanol–water partition coefficient (Wildman–Crippen LogP) is 4.80. The highest BCUT2D eigenvalue weighted by molar-refractivity contribution is 5.95. The number of nitrogens with zero attached hydrogens (tertiary/aromatic N) is 3. The molecule has 4 aromatic rings. The van der Waals surface area contributed by atoms with Crippen LogP contribution in [0.1, 0.15) is 24.8 Å². The summed E-state index contributed by atoms with van der Waals surface area (Å²) in [6.07, 6.45) is 0.714. The molecule has 8 heteroatoms. The van der Waals surface area contributed by atoms with Gasteiger partial charge in [0.15, 0.2) is 17.3 Å². The van der Waals surface area contributed by atoms with E-state index in [9.17, 15) is 4.79 Å². The van der Waals surface area contributed by atoms with Crippen LogP contribution in [-0.4, -0.2) is 34.6 Å². The minimum Gasteiger partial charge on any atom is -0.466 e. The van der Waals surface area contributed by atoms with Gasteiger partial charge in [-0.2, -0.15) is 4.98 Å². The quantitative estimate of drug-likeness (QED) is 0.430. The Balaban J connectivity index is 1.39. The van der Waals surface area contributed by atoms with Gasteiger partial charge in [-0.05, 0) is 54.4 Å². The van der Waals surface area contributed by atoms with Crippen LogP contribution in [-0.2, 0) is 4.79 Å². The average Bonchev–Trinajstić information content (AvgIpc) is 3.52. The second kappa shape index (κ2) is 9.27. The summed E-state index contributed by atoms with van der Waals surface area (Å²) in [6.45, 7) is 2.21. The first kappa shape index (κ1) is 21.5. The molecule has 0 saturated heterocycles. The molecule has 5 rings (SSSR count). The fourth-order valence-corrected chi connectivity index (χ4v) is 3.96. The van der Waals surface area contributed by atoms with Gasteiger partial charge >= 0.3 is 6.01 Å². The van der Waals surface area contributed by atoms with Crippen molar-refractivity contribution in [2.45, 2.75) is 19.3 Å². The van der Waals surface area contributed by atoms with E-state index in [1.807, 2.05) is 79.7 Å². The molecule has 1 unspecified atom stereocenters. The van der Waals surface area contributed by atoms with Gasteiger partial charge in [0.1, 0.15) is 0 Å². The second-order valence-electron chi connectivity index (χ2n) is 7.81. The van der Waals surface area contributed by atoms with E-state index in [1.54, 1.807) is 4.68 Å². The molecular formula is C26H24N4O4. The molecule has 0 radical (unpaired) electrons. The smallest absolute Gasteiger partial charge is 0.336 e. The van der Waals surface area contributed by atoms with Crippen molar-refractivity contribution in [1.29, 1.82) is 0 Å². The average molecular weight is 457 g/mol. The lowest BCUT2D eigenvalue weighted by Crippen LogP contribution is -2.20. The molecule has 0 bridgehead atoms. The summed E-state index contributed by atoms with van der Waals surface area (Å²) >= 11 is 0. The molecule has 0 fully saturated rings. The van der Waals surface area contributed by atoms with Crippen LogP contribution in [0, 0.1) is 0 Å². The summed E-state index contributed by atoms with van der Waals surface area (Å²) in [5, 5.41) is 7.49. The maximum atomic E-state index is 12.9. The summed E-state index contributed by atoms with van der Waals surface area (Å²) in [5.41, 5.74) is 3.30. The third-order valence-corrected chi connectivity index (χ3v) is 5.71. The molecule has 8 nitrogen and oxygen atoms in total. The number of methoxy groups -OCH3 is 1. The maximum Gasteiger partial charge on any atom is 0.336 e. The Morgan fingerprint density at radius 1 is 1.06 bits per heavy atom. The van der Waals surface area contributed by atoms with Crippen molar-refractivity contribution >= 4 is 11.6 Å². The van der Waals surface area contributed by atoms with E-state index in [0.29, 0.717) is 29.4 Å². The zero-order valence-electron chi connectivity index (χ0n) is 18.9. The summed E-state index contributed by atoms with van der Waals surface area (Å²) in [5.74, 6) is 1.71. The van der Waals surface area contributed by atoms with E-state index in [0.717, 1.165) is 16.8 Å². The van der Waals surface area contributed by atoms with Gasteiger partial charge in [0.05, 0.1) is 18.7 Å². The molecule has 34 heavy (non-hydrogen) atoms. The molecule has 1 aromatic heterocycles. The molecule has 1 N–H and O–H groups in total. The first-order valence-corrected chi connectivity index (χ1v) is 11.0. The molecule has 0 saturated carbocycles. The van der Waals surface area contributed by atoms with Crippen LogP contribution in [0.5, 0.6) is 17.5 Å². The van der Waals surface area contributed by atoms with Crippen molar-refractivity contribution in [2.75, 3.05) is 19.2 Å². The molecule has 0 aliphatic carbocycles. The predicted molar refractivity (Wildman–Crippen MR) is 128 cm³/mol. The fourth-order valence-electron chi connectivity index (χ4n) is 3.96. The summed E-state index contributed by atoms with van der Waals surface area (Å²) in [7, 11) is 1.53. The maximum absolute atomic E-state index is 12.9. The normalized spacial score (nSPS) is 12.9. The van der Waals surface area contributed by atoms with Crippen LogP contribution in [0.2, 0.25) is 0 Å². The van der Waals surface area contributed by atoms with Crippen LogP contribution in [0.15, 0.2) is 72.8 Å². The van der Waals surface area contributed by atoms with Gasteiger partial charge in [0.2, 0.25) is 12.7 Å². The van der Waals surface area contributed by atoms with Crippen molar-refractivity contribution in [3.8, 4) is 34.6 Å². The van der Waals surface area contributed by atoms with Crippen molar-refractivity contribution < 1.29 is 19.0 Å². The third-order valence-electron chi connectivity index (χ3n) is 5.71. The highest BCUT2D eigenvalue weighted by Gasteiger charge is 2.20. The van der Waals surface area contributed by atoms with Gasteiger partial charge in [-0.25, -0.2) is 4.68 Å². The molecule has 1 aliphatic heterocycles. The molecule has 0 spiro atoms. The highest BCUT2D eigenvalue weighted by Crippen LogP contribution is 2.36. The van der Waals surface area contributed by atoms with E-state index in [2.05, 4.69) is 15.4 Å². The molecule has 3 aromatic carbocycles. The van der Waals surface area contributed by atoms with Crippen LogP contribution in [0.3, 0.4) is 0 Å². The number of hydrogen-bond donors (Lipinski definition) is 1. The lowest BCUT2D eigenvalue weighted by Gasteiger charge is -2.15. The largest absolute Gasteiger partial charge is 0.466 e. The highest BCUT2D eigenvalue weighted by atomic mass is 16.7. The Kier molecular flexibility index (Phi) is 5.86. The Hall–Kier alpha value is -4.33. The number of nitrogens with one attached hydrogen (secondary N) is 1. The molecule has 1 aliphatic rings. The van der Waals surface area contributed by atoms with Crippen molar-refractivity contribution in [3.05, 3.63) is 78.4 Å². The first-order chi connectivity index (χ1) is 16.7. The zero-order chi connectivity index (χ0) is 23.5. The van der Waals surface area contributed by atoms with Crippen LogP contribution >= 0.6 is 0 Å². The topological polar surface area (TPSA) is 87.5 Å². The van der Waals surface area contributed by atoms with E-state index < -0.39 is 0 Å². The summed E-state index contributed by atoms with van der Waals surface area (Å²) in [4.78, 5) is 17.4. The lowest BCUT2D eigenvalue weighted by molar-refractivity contribution is -0.117. The lowest BCUT2D eigenvalue weighted by atomic mass is 9.95. The number of benzene rings is 3. The molecule has 172 valence electrons. The molecule has 1 atom stereocenters. The number of amides is 1. The minimum absolute atomic E-state index is 0.0371. The molecular weight excluding hydrogens is 432 g/mol. The standard InChI is InChI=1S/C26H24N4O4/c1-3-21(17-7-5-4-6-8-17)25(31)27-19-10-12-20(13-11-19)30-24(28-26(29-30)32-2)18-9-14-22-23(15-18)34-16-33-22/h4-15,21H,3,16H2,1-2H3,(H,27,31). The van der Waals surface area contributed by atoms with Gasteiger partial charge in [-0.1, -0.05) is 37.3 Å². The number of rotatable bonds is 7. The first-order valence-electron chi connectivity index (χ1n) is 11.0.